The molecule has 0 atom stereocenters. The number of nitrogens with zero attached hydrogens (tertiary/aromatic N) is 2. The fraction of sp³-hybridized carbons (Fsp3) is 0.200. The lowest BCUT2D eigenvalue weighted by Crippen LogP contribution is -2.15. The van der Waals surface area contributed by atoms with Crippen molar-refractivity contribution in [2.75, 3.05) is 11.1 Å². The molecular weight excluding hydrogens is 385 g/mol. The molecule has 0 saturated heterocycles. The van der Waals surface area contributed by atoms with E-state index in [0.717, 1.165) is 22.0 Å². The number of aromatic nitrogens is 2. The quantitative estimate of drug-likeness (QED) is 0.586. The first-order valence-electron chi connectivity index (χ1n) is 8.36. The molecule has 27 heavy (non-hydrogen) atoms. The van der Waals surface area contributed by atoms with E-state index in [2.05, 4.69) is 10.4 Å². The van der Waals surface area contributed by atoms with E-state index >= 15 is 0 Å². The van der Waals surface area contributed by atoms with E-state index in [0.29, 0.717) is 5.69 Å². The number of carbonyl (C=O) groups is 1. The molecule has 0 aliphatic carbocycles. The fourth-order valence-electron chi connectivity index (χ4n) is 2.65. The zero-order chi connectivity index (χ0) is 19.6. The molecule has 1 N–H and O–H groups in total. The molecule has 0 spiro atoms. The second kappa shape index (κ2) is 8.15. The van der Waals surface area contributed by atoms with E-state index in [4.69, 9.17) is 11.6 Å². The number of anilines is 1. The average Bonchev–Trinajstić information content (AvgIpc) is 2.91. The Morgan fingerprint density at radius 3 is 2.56 bits per heavy atom. The van der Waals surface area contributed by atoms with Crippen LogP contribution in [0.1, 0.15) is 17.0 Å². The molecule has 0 fully saturated rings. The average molecular weight is 404 g/mol. The van der Waals surface area contributed by atoms with Crippen molar-refractivity contribution in [2.24, 2.45) is 0 Å². The third-order valence-electron chi connectivity index (χ3n) is 4.10. The van der Waals surface area contributed by atoms with Crippen LogP contribution in [-0.4, -0.2) is 21.4 Å². The van der Waals surface area contributed by atoms with Gasteiger partial charge >= 0.3 is 0 Å². The third kappa shape index (κ3) is 4.51. The lowest BCUT2D eigenvalue weighted by molar-refractivity contribution is -0.113. The number of benzene rings is 2. The second-order valence-electron chi connectivity index (χ2n) is 6.21. The Balaban J connectivity index is 1.70. The van der Waals surface area contributed by atoms with Gasteiger partial charge in [0.25, 0.3) is 0 Å². The molecule has 0 radical (unpaired) electrons. The summed E-state index contributed by atoms with van der Waals surface area (Å²) in [5, 5.41) is 7.51. The maximum atomic E-state index is 13.2. The summed E-state index contributed by atoms with van der Waals surface area (Å²) >= 11 is 7.07. The summed E-state index contributed by atoms with van der Waals surface area (Å²) in [6, 6.07) is 12.4. The van der Waals surface area contributed by atoms with E-state index < -0.39 is 5.82 Å². The molecule has 0 unspecified atom stereocenters. The van der Waals surface area contributed by atoms with E-state index in [1.807, 2.05) is 49.7 Å². The lowest BCUT2D eigenvalue weighted by atomic mass is 10.2. The first-order valence-corrected chi connectivity index (χ1v) is 9.72. The Bertz CT molecular complexity index is 986. The van der Waals surface area contributed by atoms with E-state index in [-0.39, 0.29) is 16.7 Å². The molecule has 2 aromatic carbocycles. The monoisotopic (exact) mass is 403 g/mol. The van der Waals surface area contributed by atoms with Gasteiger partial charge in [0.1, 0.15) is 5.82 Å². The molecule has 1 aromatic heterocycles. The SMILES string of the molecule is Cc1ccc(-n2nc(C)c(NC(=O)CSc3ccc(F)c(Cl)c3)c2C)cc1. The summed E-state index contributed by atoms with van der Waals surface area (Å²) in [6.07, 6.45) is 0. The van der Waals surface area contributed by atoms with Crippen molar-refractivity contribution in [1.29, 1.82) is 0 Å². The molecule has 1 heterocycles. The fourth-order valence-corrected chi connectivity index (χ4v) is 3.63. The number of carbonyl (C=O) groups excluding carboxylic acids is 1. The highest BCUT2D eigenvalue weighted by Crippen LogP contribution is 2.26. The molecule has 140 valence electrons. The molecule has 1 amide bonds. The summed E-state index contributed by atoms with van der Waals surface area (Å²) in [6.45, 7) is 5.81. The second-order valence-corrected chi connectivity index (χ2v) is 7.66. The standard InChI is InChI=1S/C20H19ClFN3OS/c1-12-4-6-15(7-5-12)25-14(3)20(13(2)24-25)23-19(26)11-27-16-8-9-18(22)17(21)10-16/h4-10H,11H2,1-3H3,(H,23,26). The summed E-state index contributed by atoms with van der Waals surface area (Å²) in [7, 11) is 0. The number of nitrogens with one attached hydrogen (secondary N) is 1. The number of halogens is 2. The highest BCUT2D eigenvalue weighted by molar-refractivity contribution is 8.00. The van der Waals surface area contributed by atoms with Crippen molar-refractivity contribution in [3.63, 3.8) is 0 Å². The van der Waals surface area contributed by atoms with Crippen LogP contribution in [0, 0.1) is 26.6 Å². The predicted octanol–water partition coefficient (Wildman–Crippen LogP) is 5.32. The van der Waals surface area contributed by atoms with Crippen LogP contribution in [0.5, 0.6) is 0 Å². The van der Waals surface area contributed by atoms with Crippen LogP contribution >= 0.6 is 23.4 Å². The highest BCUT2D eigenvalue weighted by Gasteiger charge is 2.15. The van der Waals surface area contributed by atoms with Gasteiger partial charge in [0.15, 0.2) is 0 Å². The Kier molecular flexibility index (Phi) is 5.87. The van der Waals surface area contributed by atoms with Gasteiger partial charge in [-0.05, 0) is 51.1 Å². The number of amides is 1. The minimum absolute atomic E-state index is 0.0477. The van der Waals surface area contributed by atoms with Crippen LogP contribution in [0.2, 0.25) is 5.02 Å². The van der Waals surface area contributed by atoms with Crippen LogP contribution in [0.3, 0.4) is 0 Å². The first-order chi connectivity index (χ1) is 12.8. The minimum atomic E-state index is -0.472. The molecule has 4 nitrogen and oxygen atoms in total. The van der Waals surface area contributed by atoms with Gasteiger partial charge in [0.05, 0.1) is 33.5 Å². The Morgan fingerprint density at radius 2 is 1.89 bits per heavy atom. The van der Waals surface area contributed by atoms with Crippen molar-refractivity contribution in [3.8, 4) is 5.69 Å². The van der Waals surface area contributed by atoms with Gasteiger partial charge in [-0.25, -0.2) is 9.07 Å². The molecule has 7 heteroatoms. The van der Waals surface area contributed by atoms with Crippen LogP contribution in [0.4, 0.5) is 10.1 Å². The van der Waals surface area contributed by atoms with Gasteiger partial charge in [0.2, 0.25) is 5.91 Å². The number of aryl methyl sites for hydroxylation is 2. The van der Waals surface area contributed by atoms with Gasteiger partial charge in [-0.3, -0.25) is 4.79 Å². The van der Waals surface area contributed by atoms with Crippen LogP contribution in [0.15, 0.2) is 47.4 Å². The van der Waals surface area contributed by atoms with Crippen LogP contribution < -0.4 is 5.32 Å². The Labute approximate surface area is 166 Å². The molecule has 0 aliphatic rings. The topological polar surface area (TPSA) is 46.9 Å². The summed E-state index contributed by atoms with van der Waals surface area (Å²) in [5.74, 6) is -0.438. The minimum Gasteiger partial charge on any atom is -0.322 e. The number of hydrogen-bond acceptors (Lipinski definition) is 3. The lowest BCUT2D eigenvalue weighted by Gasteiger charge is -2.08. The molecule has 0 bridgehead atoms. The van der Waals surface area contributed by atoms with Gasteiger partial charge in [-0.2, -0.15) is 5.10 Å². The van der Waals surface area contributed by atoms with Gasteiger partial charge in [-0.15, -0.1) is 11.8 Å². The summed E-state index contributed by atoms with van der Waals surface area (Å²) < 4.78 is 15.0. The number of hydrogen-bond donors (Lipinski definition) is 1. The molecule has 3 rings (SSSR count). The van der Waals surface area contributed by atoms with Crippen molar-refractivity contribution in [1.82, 2.24) is 9.78 Å². The maximum absolute atomic E-state index is 13.2. The third-order valence-corrected chi connectivity index (χ3v) is 5.38. The normalized spacial score (nSPS) is 10.9. The Morgan fingerprint density at radius 1 is 1.19 bits per heavy atom. The molecule has 0 saturated carbocycles. The summed E-state index contributed by atoms with van der Waals surface area (Å²) in [4.78, 5) is 13.1. The van der Waals surface area contributed by atoms with Gasteiger partial charge in [0, 0.05) is 4.90 Å². The zero-order valence-corrected chi connectivity index (χ0v) is 16.8. The van der Waals surface area contributed by atoms with Crippen molar-refractivity contribution in [3.05, 3.63) is 70.3 Å². The molecular formula is C20H19ClFN3OS. The highest BCUT2D eigenvalue weighted by atomic mass is 35.5. The van der Waals surface area contributed by atoms with E-state index in [1.165, 1.54) is 29.5 Å². The van der Waals surface area contributed by atoms with Crippen molar-refractivity contribution < 1.29 is 9.18 Å². The maximum Gasteiger partial charge on any atom is 0.234 e. The van der Waals surface area contributed by atoms with Gasteiger partial charge < -0.3 is 5.32 Å². The zero-order valence-electron chi connectivity index (χ0n) is 15.2. The van der Waals surface area contributed by atoms with E-state index in [9.17, 15) is 9.18 Å². The number of thioether (sulfide) groups is 1. The van der Waals surface area contributed by atoms with Crippen LogP contribution in [-0.2, 0) is 4.79 Å². The largest absolute Gasteiger partial charge is 0.322 e. The van der Waals surface area contributed by atoms with E-state index in [1.54, 1.807) is 6.07 Å². The molecule has 0 aliphatic heterocycles. The predicted molar refractivity (Wildman–Crippen MR) is 109 cm³/mol. The smallest absolute Gasteiger partial charge is 0.234 e. The first kappa shape index (κ1) is 19.5. The molecule has 3 aromatic rings. The Hall–Kier alpha value is -2.31. The van der Waals surface area contributed by atoms with Gasteiger partial charge in [-0.1, -0.05) is 29.3 Å². The van der Waals surface area contributed by atoms with Crippen molar-refractivity contribution in [2.45, 2.75) is 25.7 Å². The van der Waals surface area contributed by atoms with Crippen molar-refractivity contribution >= 4 is 35.0 Å². The summed E-state index contributed by atoms with van der Waals surface area (Å²) in [5.41, 5.74) is 4.43. The van der Waals surface area contributed by atoms with Crippen LogP contribution in [0.25, 0.3) is 5.69 Å². The number of rotatable bonds is 5.